The van der Waals surface area contributed by atoms with Gasteiger partial charge in [-0.1, -0.05) is 12.1 Å². The maximum Gasteiger partial charge on any atom is 0.243 e. The summed E-state index contributed by atoms with van der Waals surface area (Å²) in [5, 5.41) is 0. The first-order valence-corrected chi connectivity index (χ1v) is 10.8. The van der Waals surface area contributed by atoms with Crippen LogP contribution in [0.4, 0.5) is 14.5 Å². The lowest BCUT2D eigenvalue weighted by Crippen LogP contribution is -3.11. The lowest BCUT2D eigenvalue weighted by Gasteiger charge is -2.26. The molecule has 152 valence electrons. The Morgan fingerprint density at radius 1 is 1.07 bits per heavy atom. The number of hydrogen-bond donors (Lipinski definition) is 2. The molecule has 0 aliphatic carbocycles. The molecule has 1 atom stereocenters. The number of likely N-dealkylation sites (tertiary alicyclic amines) is 1. The summed E-state index contributed by atoms with van der Waals surface area (Å²) >= 11 is 0. The van der Waals surface area contributed by atoms with Gasteiger partial charge in [-0.3, -0.25) is 0 Å². The van der Waals surface area contributed by atoms with Gasteiger partial charge in [-0.2, -0.15) is 0 Å². The predicted octanol–water partition coefficient (Wildman–Crippen LogP) is 1.73. The minimum Gasteiger partial charge on any atom is -0.378 e. The lowest BCUT2D eigenvalue weighted by molar-refractivity contribution is -0.918. The molecule has 0 saturated carbocycles. The van der Waals surface area contributed by atoms with Gasteiger partial charge >= 0.3 is 0 Å². The summed E-state index contributed by atoms with van der Waals surface area (Å²) in [7, 11) is -0.238. The molecule has 0 amide bonds. The molecular weight excluding hydrogens is 384 g/mol. The average molecular weight is 411 g/mol. The highest BCUT2D eigenvalue weighted by Gasteiger charge is 2.30. The van der Waals surface area contributed by atoms with Gasteiger partial charge in [0, 0.05) is 38.2 Å². The van der Waals surface area contributed by atoms with Gasteiger partial charge in [0.25, 0.3) is 0 Å². The molecule has 8 heteroatoms. The molecule has 5 nitrogen and oxygen atoms in total. The number of anilines is 1. The number of hydrogen-bond acceptors (Lipinski definition) is 3. The first kappa shape index (κ1) is 20.7. The average Bonchev–Trinajstić information content (AvgIpc) is 3.18. The van der Waals surface area contributed by atoms with Crippen LogP contribution in [0.15, 0.2) is 47.4 Å². The van der Waals surface area contributed by atoms with Crippen LogP contribution in [0.3, 0.4) is 0 Å². The molecule has 1 aliphatic rings. The molecule has 2 aromatic carbocycles. The third-order valence-corrected chi connectivity index (χ3v) is 6.65. The molecule has 3 rings (SSSR count). The van der Waals surface area contributed by atoms with Crippen LogP contribution in [-0.4, -0.2) is 42.1 Å². The van der Waals surface area contributed by atoms with Gasteiger partial charge in [0.05, 0.1) is 19.6 Å². The molecule has 1 aliphatic heterocycles. The molecule has 2 N–H and O–H groups in total. The van der Waals surface area contributed by atoms with Crippen LogP contribution in [0.5, 0.6) is 0 Å². The van der Waals surface area contributed by atoms with Crippen molar-refractivity contribution < 1.29 is 22.1 Å². The van der Waals surface area contributed by atoms with Crippen molar-refractivity contribution in [2.75, 3.05) is 38.6 Å². The fourth-order valence-electron chi connectivity index (χ4n) is 3.63. The topological polar surface area (TPSA) is 53.9 Å². The summed E-state index contributed by atoms with van der Waals surface area (Å²) in [6.07, 6.45) is 2.18. The number of nitrogens with one attached hydrogen (secondary N) is 2. The Morgan fingerprint density at radius 2 is 1.71 bits per heavy atom. The highest BCUT2D eigenvalue weighted by molar-refractivity contribution is 7.89. The number of benzene rings is 2. The van der Waals surface area contributed by atoms with E-state index in [9.17, 15) is 17.2 Å². The van der Waals surface area contributed by atoms with Crippen molar-refractivity contribution in [1.29, 1.82) is 0 Å². The molecule has 0 radical (unpaired) electrons. The van der Waals surface area contributed by atoms with Crippen LogP contribution in [0.2, 0.25) is 0 Å². The van der Waals surface area contributed by atoms with Crippen molar-refractivity contribution in [2.24, 2.45) is 0 Å². The second-order valence-corrected chi connectivity index (χ2v) is 9.07. The molecular formula is C20H26F2N3O2S+. The van der Waals surface area contributed by atoms with Gasteiger partial charge in [-0.15, -0.1) is 0 Å². The summed E-state index contributed by atoms with van der Waals surface area (Å²) in [5.41, 5.74) is 2.08. The smallest absolute Gasteiger partial charge is 0.243 e. The summed E-state index contributed by atoms with van der Waals surface area (Å²) < 4.78 is 55.0. The van der Waals surface area contributed by atoms with Crippen molar-refractivity contribution in [3.05, 3.63) is 59.7 Å². The lowest BCUT2D eigenvalue weighted by atomic mass is 10.1. The van der Waals surface area contributed by atoms with E-state index in [-0.39, 0.29) is 12.6 Å². The van der Waals surface area contributed by atoms with Crippen molar-refractivity contribution >= 4 is 15.7 Å². The summed E-state index contributed by atoms with van der Waals surface area (Å²) in [6.45, 7) is 2.03. The minimum absolute atomic E-state index is 0.0925. The van der Waals surface area contributed by atoms with E-state index < -0.39 is 26.6 Å². The normalized spacial score (nSPS) is 16.3. The molecule has 2 aromatic rings. The van der Waals surface area contributed by atoms with E-state index in [2.05, 4.69) is 4.72 Å². The third-order valence-electron chi connectivity index (χ3n) is 5.21. The minimum atomic E-state index is -4.15. The van der Waals surface area contributed by atoms with Gasteiger partial charge in [-0.05, 0) is 30.3 Å². The Hall–Kier alpha value is -2.03. The highest BCUT2D eigenvalue weighted by Crippen LogP contribution is 2.19. The Balaban J connectivity index is 1.82. The maximum atomic E-state index is 13.9. The Kier molecular flexibility index (Phi) is 6.32. The first-order valence-electron chi connectivity index (χ1n) is 9.34. The van der Waals surface area contributed by atoms with Crippen LogP contribution < -0.4 is 14.5 Å². The van der Waals surface area contributed by atoms with Crippen molar-refractivity contribution in [1.82, 2.24) is 4.72 Å². The fourth-order valence-corrected chi connectivity index (χ4v) is 4.77. The molecule has 0 aromatic heterocycles. The summed E-state index contributed by atoms with van der Waals surface area (Å²) in [4.78, 5) is 2.63. The molecule has 1 saturated heterocycles. The molecule has 28 heavy (non-hydrogen) atoms. The zero-order valence-electron chi connectivity index (χ0n) is 16.1. The number of nitrogens with zero attached hydrogens (tertiary/aromatic N) is 1. The summed E-state index contributed by atoms with van der Waals surface area (Å²) in [6, 6.07) is 10.3. The number of halogens is 2. The van der Waals surface area contributed by atoms with Crippen LogP contribution in [0.1, 0.15) is 24.4 Å². The highest BCUT2D eigenvalue weighted by atomic mass is 32.2. The van der Waals surface area contributed by atoms with Gasteiger partial charge in [0.1, 0.15) is 22.6 Å². The van der Waals surface area contributed by atoms with Crippen LogP contribution in [0, 0.1) is 11.6 Å². The molecule has 1 heterocycles. The second kappa shape index (κ2) is 8.55. The molecule has 0 unspecified atom stereocenters. The second-order valence-electron chi connectivity index (χ2n) is 7.33. The zero-order chi connectivity index (χ0) is 20.3. The first-order chi connectivity index (χ1) is 13.3. The monoisotopic (exact) mass is 410 g/mol. The SMILES string of the molecule is CN(C)c1ccc([C@H](CNS(=O)(=O)c2cc(F)ccc2F)[NH+]2CCCC2)cc1. The van der Waals surface area contributed by atoms with Crippen molar-refractivity contribution in [3.8, 4) is 0 Å². The van der Waals surface area contributed by atoms with E-state index in [0.29, 0.717) is 6.07 Å². The van der Waals surface area contributed by atoms with E-state index in [0.717, 1.165) is 49.3 Å². The van der Waals surface area contributed by atoms with E-state index in [4.69, 9.17) is 0 Å². The molecule has 0 bridgehead atoms. The number of rotatable bonds is 7. The van der Waals surface area contributed by atoms with Crippen LogP contribution >= 0.6 is 0 Å². The zero-order valence-corrected chi connectivity index (χ0v) is 16.9. The number of quaternary nitrogens is 1. The molecule has 0 spiro atoms. The maximum absolute atomic E-state index is 13.9. The van der Waals surface area contributed by atoms with Gasteiger partial charge in [-0.25, -0.2) is 21.9 Å². The standard InChI is InChI=1S/C20H25F2N3O2S/c1-24(2)17-8-5-15(6-9-17)19(25-11-3-4-12-25)14-23-28(26,27)20-13-16(21)7-10-18(20)22/h5-10,13,19,23H,3-4,11-12,14H2,1-2H3/p+1/t19-/m0/s1. The van der Waals surface area contributed by atoms with E-state index in [1.807, 2.05) is 43.3 Å². The van der Waals surface area contributed by atoms with Crippen LogP contribution in [-0.2, 0) is 10.0 Å². The van der Waals surface area contributed by atoms with E-state index in [1.54, 1.807) is 0 Å². The Morgan fingerprint density at radius 3 is 2.32 bits per heavy atom. The molecule has 1 fully saturated rings. The quantitative estimate of drug-likeness (QED) is 0.731. The van der Waals surface area contributed by atoms with Gasteiger partial charge in [0.15, 0.2) is 0 Å². The third kappa shape index (κ3) is 4.68. The Labute approximate surface area is 165 Å². The largest absolute Gasteiger partial charge is 0.378 e. The van der Waals surface area contributed by atoms with E-state index >= 15 is 0 Å². The van der Waals surface area contributed by atoms with Gasteiger partial charge in [0.2, 0.25) is 10.0 Å². The fraction of sp³-hybridized carbons (Fsp3) is 0.400. The van der Waals surface area contributed by atoms with Crippen molar-refractivity contribution in [3.63, 3.8) is 0 Å². The van der Waals surface area contributed by atoms with E-state index in [1.165, 1.54) is 4.90 Å². The van der Waals surface area contributed by atoms with Crippen molar-refractivity contribution in [2.45, 2.75) is 23.8 Å². The van der Waals surface area contributed by atoms with Gasteiger partial charge < -0.3 is 9.80 Å². The number of sulfonamides is 1. The summed E-state index contributed by atoms with van der Waals surface area (Å²) in [5.74, 6) is -1.75. The predicted molar refractivity (Wildman–Crippen MR) is 105 cm³/mol. The Bertz CT molecular complexity index is 912. The van der Waals surface area contributed by atoms with Crippen LogP contribution in [0.25, 0.3) is 0 Å².